The Morgan fingerprint density at radius 2 is 1.67 bits per heavy atom. The van der Waals surface area contributed by atoms with Crippen molar-refractivity contribution < 1.29 is 19.8 Å². The third-order valence-electron chi connectivity index (χ3n) is 3.58. The largest absolute Gasteiger partial charge is 0.478 e. The Morgan fingerprint density at radius 1 is 1.04 bits per heavy atom. The van der Waals surface area contributed by atoms with Gasteiger partial charge >= 0.3 is 11.9 Å². The van der Waals surface area contributed by atoms with E-state index in [2.05, 4.69) is 58.3 Å². The maximum atomic E-state index is 9.55. The fourth-order valence-corrected chi connectivity index (χ4v) is 2.51. The molecule has 1 aromatic carbocycles. The molecule has 2 N–H and O–H groups in total. The molecule has 0 aliphatic rings. The molecule has 0 atom stereocenters. The topological polar surface area (TPSA) is 95.7 Å². The lowest BCUT2D eigenvalue weighted by Crippen LogP contribution is -2.29. The number of rotatable bonds is 6. The van der Waals surface area contributed by atoms with Crippen molar-refractivity contribution in [2.45, 2.75) is 13.3 Å². The second-order valence-corrected chi connectivity index (χ2v) is 5.54. The number of anilines is 1. The first kappa shape index (κ1) is 19.7. The summed E-state index contributed by atoms with van der Waals surface area (Å²) in [4.78, 5) is 23.5. The molecule has 7 nitrogen and oxygen atoms in total. The molecule has 0 aliphatic carbocycles. The smallest absolute Gasteiger partial charge is 0.328 e. The Labute approximate surface area is 156 Å². The highest BCUT2D eigenvalue weighted by atomic mass is 16.4. The van der Waals surface area contributed by atoms with Gasteiger partial charge in [0.05, 0.1) is 11.2 Å². The second-order valence-electron chi connectivity index (χ2n) is 5.54. The molecular formula is C20H21N3O4. The number of aromatic nitrogens is 2. The molecule has 3 aromatic rings. The third kappa shape index (κ3) is 5.71. The van der Waals surface area contributed by atoms with Gasteiger partial charge in [-0.1, -0.05) is 25.1 Å². The van der Waals surface area contributed by atoms with E-state index in [-0.39, 0.29) is 0 Å². The minimum Gasteiger partial charge on any atom is -0.478 e. The Bertz CT molecular complexity index is 899. The van der Waals surface area contributed by atoms with E-state index >= 15 is 0 Å². The van der Waals surface area contributed by atoms with Gasteiger partial charge in [-0.2, -0.15) is 0 Å². The number of fused-ring (bicyclic) bond motifs is 1. The van der Waals surface area contributed by atoms with Gasteiger partial charge in [0.25, 0.3) is 0 Å². The number of carbonyl (C=O) groups is 2. The predicted molar refractivity (Wildman–Crippen MR) is 104 cm³/mol. The molecule has 3 rings (SSSR count). The summed E-state index contributed by atoms with van der Waals surface area (Å²) in [5.74, 6) is -2.51. The maximum Gasteiger partial charge on any atom is 0.328 e. The monoisotopic (exact) mass is 367 g/mol. The highest BCUT2D eigenvalue weighted by Gasteiger charge is 2.10. The highest BCUT2D eigenvalue weighted by molar-refractivity contribution is 5.91. The normalized spacial score (nSPS) is 10.4. The van der Waals surface area contributed by atoms with Crippen LogP contribution in [0.1, 0.15) is 13.3 Å². The minimum absolute atomic E-state index is 0.558. The molecule has 27 heavy (non-hydrogen) atoms. The Kier molecular flexibility index (Phi) is 7.13. The lowest BCUT2D eigenvalue weighted by molar-refractivity contribution is -0.134. The average molecular weight is 367 g/mol. The van der Waals surface area contributed by atoms with Crippen LogP contribution in [0.2, 0.25) is 0 Å². The summed E-state index contributed by atoms with van der Waals surface area (Å²) in [6.07, 6.45) is 8.24. The SMILES string of the molecule is CCCN(c1ccnc2ccccc12)n1cccc1.O=C(O)/C=C\C(=O)O. The lowest BCUT2D eigenvalue weighted by Gasteiger charge is -2.26. The molecule has 0 amide bonds. The number of pyridine rings is 1. The van der Waals surface area contributed by atoms with Crippen LogP contribution in [0.25, 0.3) is 10.9 Å². The number of para-hydroxylation sites is 1. The molecule has 0 radical (unpaired) electrons. The van der Waals surface area contributed by atoms with Crippen LogP contribution in [0, 0.1) is 0 Å². The molecule has 0 fully saturated rings. The van der Waals surface area contributed by atoms with Crippen molar-refractivity contribution in [1.29, 1.82) is 0 Å². The van der Waals surface area contributed by atoms with Crippen LogP contribution < -0.4 is 5.01 Å². The number of hydrogen-bond acceptors (Lipinski definition) is 4. The predicted octanol–water partition coefficient (Wildman–Crippen LogP) is 3.43. The van der Waals surface area contributed by atoms with Crippen LogP contribution in [0.15, 0.2) is 73.2 Å². The van der Waals surface area contributed by atoms with E-state index in [1.54, 1.807) is 0 Å². The summed E-state index contributed by atoms with van der Waals surface area (Å²) in [5.41, 5.74) is 2.23. The van der Waals surface area contributed by atoms with Crippen LogP contribution in [-0.2, 0) is 9.59 Å². The molecule has 0 aliphatic heterocycles. The summed E-state index contributed by atoms with van der Waals surface area (Å²) in [6, 6.07) is 14.4. The number of hydrogen-bond donors (Lipinski definition) is 2. The molecule has 2 heterocycles. The van der Waals surface area contributed by atoms with Gasteiger partial charge in [-0.3, -0.25) is 14.7 Å². The van der Waals surface area contributed by atoms with Gasteiger partial charge in [0.15, 0.2) is 0 Å². The first-order valence-electron chi connectivity index (χ1n) is 8.41. The number of aliphatic carboxylic acids is 2. The highest BCUT2D eigenvalue weighted by Crippen LogP contribution is 2.25. The van der Waals surface area contributed by atoms with Crippen LogP contribution in [0.5, 0.6) is 0 Å². The van der Waals surface area contributed by atoms with Crippen molar-refractivity contribution in [2.24, 2.45) is 0 Å². The molecule has 0 unspecified atom stereocenters. The summed E-state index contributed by atoms with van der Waals surface area (Å²) >= 11 is 0. The molecule has 0 spiro atoms. The average Bonchev–Trinajstić information content (AvgIpc) is 3.19. The number of nitrogens with zero attached hydrogens (tertiary/aromatic N) is 3. The Hall–Kier alpha value is -3.61. The van der Waals surface area contributed by atoms with Gasteiger partial charge in [0.1, 0.15) is 0 Å². The number of carboxylic acids is 2. The van der Waals surface area contributed by atoms with Crippen molar-refractivity contribution in [1.82, 2.24) is 9.66 Å². The number of carboxylic acid groups (broad SMARTS) is 2. The first-order valence-corrected chi connectivity index (χ1v) is 8.41. The van der Waals surface area contributed by atoms with E-state index in [0.29, 0.717) is 12.2 Å². The van der Waals surface area contributed by atoms with Crippen LogP contribution >= 0.6 is 0 Å². The van der Waals surface area contributed by atoms with Crippen LogP contribution in [-0.4, -0.2) is 38.4 Å². The van der Waals surface area contributed by atoms with E-state index in [1.807, 2.05) is 24.4 Å². The minimum atomic E-state index is -1.26. The first-order chi connectivity index (χ1) is 13.0. The Morgan fingerprint density at radius 3 is 2.26 bits per heavy atom. The zero-order valence-electron chi connectivity index (χ0n) is 14.9. The van der Waals surface area contributed by atoms with E-state index in [1.165, 1.54) is 11.1 Å². The molecule has 7 heteroatoms. The fraction of sp³-hybridized carbons (Fsp3) is 0.150. The number of benzene rings is 1. The van der Waals surface area contributed by atoms with Gasteiger partial charge in [-0.15, -0.1) is 0 Å². The van der Waals surface area contributed by atoms with Crippen molar-refractivity contribution in [2.75, 3.05) is 11.6 Å². The summed E-state index contributed by atoms with van der Waals surface area (Å²) < 4.78 is 2.13. The van der Waals surface area contributed by atoms with Gasteiger partial charge in [-0.05, 0) is 30.7 Å². The molecule has 2 aromatic heterocycles. The molecule has 140 valence electrons. The summed E-state index contributed by atoms with van der Waals surface area (Å²) in [6.45, 7) is 3.17. The van der Waals surface area contributed by atoms with Crippen LogP contribution in [0.4, 0.5) is 5.69 Å². The molecular weight excluding hydrogens is 346 g/mol. The quantitative estimate of drug-likeness (QED) is 0.648. The van der Waals surface area contributed by atoms with Crippen molar-refractivity contribution >= 4 is 28.5 Å². The van der Waals surface area contributed by atoms with Crippen LogP contribution in [0.3, 0.4) is 0 Å². The van der Waals surface area contributed by atoms with Crippen molar-refractivity contribution in [3.63, 3.8) is 0 Å². The van der Waals surface area contributed by atoms with E-state index in [0.717, 1.165) is 18.5 Å². The standard InChI is InChI=1S/C16H17N3.C4H4O4/c1-2-11-19(18-12-5-6-13-18)16-9-10-17-15-8-4-3-7-14(15)16;5-3(6)1-2-4(7)8/h3-10,12-13H,2,11H2,1H3;1-2H,(H,5,6)(H,7,8)/b;2-1-. The van der Waals surface area contributed by atoms with E-state index in [4.69, 9.17) is 10.2 Å². The second kappa shape index (κ2) is 9.76. The van der Waals surface area contributed by atoms with Gasteiger partial charge in [0.2, 0.25) is 0 Å². The van der Waals surface area contributed by atoms with Gasteiger partial charge in [-0.25, -0.2) is 9.59 Å². The molecule has 0 bridgehead atoms. The van der Waals surface area contributed by atoms with Crippen molar-refractivity contribution in [3.05, 3.63) is 73.2 Å². The zero-order valence-corrected chi connectivity index (χ0v) is 14.9. The van der Waals surface area contributed by atoms with E-state index in [9.17, 15) is 9.59 Å². The van der Waals surface area contributed by atoms with Gasteiger partial charge < -0.3 is 10.2 Å². The summed E-state index contributed by atoms with van der Waals surface area (Å²) in [7, 11) is 0. The Balaban J connectivity index is 0.000000279. The zero-order chi connectivity index (χ0) is 19.6. The molecule has 0 saturated heterocycles. The third-order valence-corrected chi connectivity index (χ3v) is 3.58. The molecule has 0 saturated carbocycles. The lowest BCUT2D eigenvalue weighted by atomic mass is 10.2. The fourth-order valence-electron chi connectivity index (χ4n) is 2.51. The summed E-state index contributed by atoms with van der Waals surface area (Å²) in [5, 5.41) is 19.1. The van der Waals surface area contributed by atoms with Crippen molar-refractivity contribution in [3.8, 4) is 0 Å². The van der Waals surface area contributed by atoms with E-state index < -0.39 is 11.9 Å². The maximum absolute atomic E-state index is 9.55. The van der Waals surface area contributed by atoms with Gasteiger partial charge in [0, 0.05) is 42.7 Å².